The SMILES string of the molecule is Cc1ccc(CN2CCNC(=O)[C@H]2CC(=O)N(CC(C)C)CC(C)C)o1. The van der Waals surface area contributed by atoms with Crippen LogP contribution in [0.1, 0.15) is 45.6 Å². The number of hydrogen-bond acceptors (Lipinski definition) is 4. The lowest BCUT2D eigenvalue weighted by Gasteiger charge is -2.35. The Hall–Kier alpha value is -1.82. The van der Waals surface area contributed by atoms with Crippen LogP contribution in [0.2, 0.25) is 0 Å². The highest BCUT2D eigenvalue weighted by atomic mass is 16.3. The fourth-order valence-corrected chi connectivity index (χ4v) is 3.40. The molecule has 0 aromatic carbocycles. The van der Waals surface area contributed by atoms with Crippen molar-refractivity contribution >= 4 is 11.8 Å². The van der Waals surface area contributed by atoms with E-state index in [1.807, 2.05) is 24.0 Å². The Morgan fingerprint density at radius 3 is 2.46 bits per heavy atom. The highest BCUT2D eigenvalue weighted by Crippen LogP contribution is 2.17. The Labute approximate surface area is 156 Å². The fourth-order valence-electron chi connectivity index (χ4n) is 3.40. The standard InChI is InChI=1S/C20H33N3O3/c1-14(2)11-23(12-15(3)4)19(24)10-18-20(25)21-8-9-22(18)13-17-7-6-16(5)26-17/h6-7,14-15,18H,8-13H2,1-5H3,(H,21,25)/t18-/m1/s1. The van der Waals surface area contributed by atoms with Crippen molar-refractivity contribution in [3.05, 3.63) is 23.7 Å². The minimum Gasteiger partial charge on any atom is -0.465 e. The molecule has 1 aliphatic rings. The van der Waals surface area contributed by atoms with Crippen molar-refractivity contribution in [2.24, 2.45) is 11.8 Å². The summed E-state index contributed by atoms with van der Waals surface area (Å²) in [5.41, 5.74) is 0. The topological polar surface area (TPSA) is 65.8 Å². The van der Waals surface area contributed by atoms with Crippen molar-refractivity contribution in [3.8, 4) is 0 Å². The molecule has 6 heteroatoms. The number of piperazine rings is 1. The molecule has 0 spiro atoms. The lowest BCUT2D eigenvalue weighted by molar-refractivity contribution is -0.139. The van der Waals surface area contributed by atoms with Gasteiger partial charge in [0.05, 0.1) is 19.0 Å². The van der Waals surface area contributed by atoms with E-state index in [0.29, 0.717) is 24.9 Å². The molecule has 2 heterocycles. The predicted molar refractivity (Wildman–Crippen MR) is 102 cm³/mol. The summed E-state index contributed by atoms with van der Waals surface area (Å²) in [5, 5.41) is 2.90. The molecule has 1 N–H and O–H groups in total. The second-order valence-electron chi connectivity index (χ2n) is 8.08. The van der Waals surface area contributed by atoms with Crippen molar-refractivity contribution in [1.82, 2.24) is 15.1 Å². The lowest BCUT2D eigenvalue weighted by atomic mass is 10.1. The quantitative estimate of drug-likeness (QED) is 0.770. The van der Waals surface area contributed by atoms with Gasteiger partial charge in [0.15, 0.2) is 0 Å². The molecule has 1 atom stereocenters. The minimum absolute atomic E-state index is 0.0510. The largest absolute Gasteiger partial charge is 0.465 e. The van der Waals surface area contributed by atoms with E-state index >= 15 is 0 Å². The second-order valence-corrected chi connectivity index (χ2v) is 8.08. The van der Waals surface area contributed by atoms with E-state index in [2.05, 4.69) is 37.9 Å². The number of aryl methyl sites for hydroxylation is 1. The highest BCUT2D eigenvalue weighted by Gasteiger charge is 2.33. The van der Waals surface area contributed by atoms with Gasteiger partial charge in [-0.2, -0.15) is 0 Å². The molecule has 6 nitrogen and oxygen atoms in total. The van der Waals surface area contributed by atoms with Crippen LogP contribution in [-0.4, -0.2) is 53.8 Å². The summed E-state index contributed by atoms with van der Waals surface area (Å²) in [6, 6.07) is 3.42. The Morgan fingerprint density at radius 2 is 1.92 bits per heavy atom. The number of rotatable bonds is 8. The van der Waals surface area contributed by atoms with E-state index in [9.17, 15) is 9.59 Å². The Balaban J connectivity index is 2.07. The summed E-state index contributed by atoms with van der Waals surface area (Å²) in [7, 11) is 0. The van der Waals surface area contributed by atoms with E-state index in [4.69, 9.17) is 4.42 Å². The maximum atomic E-state index is 12.9. The predicted octanol–water partition coefficient (Wildman–Crippen LogP) is 2.42. The van der Waals surface area contributed by atoms with E-state index in [0.717, 1.165) is 31.2 Å². The first kappa shape index (κ1) is 20.5. The summed E-state index contributed by atoms with van der Waals surface area (Å²) >= 11 is 0. The van der Waals surface area contributed by atoms with Crippen LogP contribution in [0.3, 0.4) is 0 Å². The molecule has 0 aliphatic carbocycles. The Morgan fingerprint density at radius 1 is 1.27 bits per heavy atom. The summed E-state index contributed by atoms with van der Waals surface area (Å²) in [4.78, 5) is 29.3. The third-order valence-corrected chi connectivity index (χ3v) is 4.49. The summed E-state index contributed by atoms with van der Waals surface area (Å²) < 4.78 is 5.66. The van der Waals surface area contributed by atoms with E-state index < -0.39 is 6.04 Å². The number of hydrogen-bond donors (Lipinski definition) is 1. The van der Waals surface area contributed by atoms with Crippen molar-refractivity contribution in [3.63, 3.8) is 0 Å². The highest BCUT2D eigenvalue weighted by molar-refractivity contribution is 5.88. The molecule has 2 rings (SSSR count). The number of carbonyl (C=O) groups is 2. The molecule has 0 unspecified atom stereocenters. The van der Waals surface area contributed by atoms with E-state index in [1.165, 1.54) is 0 Å². The van der Waals surface area contributed by atoms with Crippen LogP contribution < -0.4 is 5.32 Å². The molecule has 1 aromatic heterocycles. The summed E-state index contributed by atoms with van der Waals surface area (Å²) in [6.07, 6.45) is 0.213. The molecule has 0 saturated carbocycles. The van der Waals surface area contributed by atoms with Gasteiger partial charge in [-0.3, -0.25) is 14.5 Å². The van der Waals surface area contributed by atoms with Gasteiger partial charge in [-0.15, -0.1) is 0 Å². The van der Waals surface area contributed by atoms with Gasteiger partial charge >= 0.3 is 0 Å². The molecule has 0 bridgehead atoms. The molecule has 1 aliphatic heterocycles. The Kier molecular flexibility index (Phi) is 7.26. The van der Waals surface area contributed by atoms with Crippen LogP contribution in [0.15, 0.2) is 16.5 Å². The van der Waals surface area contributed by atoms with Gasteiger partial charge in [-0.05, 0) is 30.9 Å². The zero-order chi connectivity index (χ0) is 19.3. The normalized spacial score (nSPS) is 18.4. The average Bonchev–Trinajstić information content (AvgIpc) is 2.94. The maximum absolute atomic E-state index is 12.9. The molecular weight excluding hydrogens is 330 g/mol. The smallest absolute Gasteiger partial charge is 0.237 e. The molecule has 26 heavy (non-hydrogen) atoms. The fraction of sp³-hybridized carbons (Fsp3) is 0.700. The van der Waals surface area contributed by atoms with Crippen molar-refractivity contribution in [1.29, 1.82) is 0 Å². The van der Waals surface area contributed by atoms with Gasteiger partial charge in [-0.1, -0.05) is 27.7 Å². The second kappa shape index (κ2) is 9.21. The number of carbonyl (C=O) groups excluding carboxylic acids is 2. The molecule has 0 radical (unpaired) electrons. The molecule has 1 saturated heterocycles. The van der Waals surface area contributed by atoms with Gasteiger partial charge in [-0.25, -0.2) is 0 Å². The molecular formula is C20H33N3O3. The van der Waals surface area contributed by atoms with Crippen molar-refractivity contribution in [2.75, 3.05) is 26.2 Å². The van der Waals surface area contributed by atoms with E-state index in [1.54, 1.807) is 0 Å². The van der Waals surface area contributed by atoms with E-state index in [-0.39, 0.29) is 18.2 Å². The van der Waals surface area contributed by atoms with Gasteiger partial charge in [0.25, 0.3) is 0 Å². The van der Waals surface area contributed by atoms with Gasteiger partial charge in [0.2, 0.25) is 11.8 Å². The third kappa shape index (κ3) is 5.87. The third-order valence-electron chi connectivity index (χ3n) is 4.49. The number of nitrogens with one attached hydrogen (secondary N) is 1. The first-order chi connectivity index (χ1) is 12.3. The van der Waals surface area contributed by atoms with Crippen LogP contribution in [0.5, 0.6) is 0 Å². The monoisotopic (exact) mass is 363 g/mol. The van der Waals surface area contributed by atoms with Crippen LogP contribution in [0.4, 0.5) is 0 Å². The van der Waals surface area contributed by atoms with Crippen LogP contribution in [-0.2, 0) is 16.1 Å². The molecule has 2 amide bonds. The van der Waals surface area contributed by atoms with Gasteiger partial charge in [0.1, 0.15) is 11.5 Å². The van der Waals surface area contributed by atoms with Crippen molar-refractivity contribution < 1.29 is 14.0 Å². The lowest BCUT2D eigenvalue weighted by Crippen LogP contribution is -2.56. The minimum atomic E-state index is -0.441. The van der Waals surface area contributed by atoms with Gasteiger partial charge < -0.3 is 14.6 Å². The average molecular weight is 364 g/mol. The molecule has 1 aromatic rings. The first-order valence-corrected chi connectivity index (χ1v) is 9.61. The first-order valence-electron chi connectivity index (χ1n) is 9.61. The molecule has 1 fully saturated rings. The number of furan rings is 1. The van der Waals surface area contributed by atoms with Gasteiger partial charge in [0, 0.05) is 26.2 Å². The maximum Gasteiger partial charge on any atom is 0.237 e. The van der Waals surface area contributed by atoms with Crippen LogP contribution >= 0.6 is 0 Å². The molecule has 146 valence electrons. The van der Waals surface area contributed by atoms with Crippen LogP contribution in [0, 0.1) is 18.8 Å². The van der Waals surface area contributed by atoms with Crippen LogP contribution in [0.25, 0.3) is 0 Å². The zero-order valence-corrected chi connectivity index (χ0v) is 16.7. The summed E-state index contributed by atoms with van der Waals surface area (Å²) in [6.45, 7) is 13.7. The zero-order valence-electron chi connectivity index (χ0n) is 16.7. The number of amides is 2. The summed E-state index contributed by atoms with van der Waals surface area (Å²) in [5.74, 6) is 2.47. The number of nitrogens with zero attached hydrogens (tertiary/aromatic N) is 2. The Bertz CT molecular complexity index is 599. The van der Waals surface area contributed by atoms with Crippen molar-refractivity contribution in [2.45, 2.75) is 53.6 Å².